The van der Waals surface area contributed by atoms with Crippen molar-refractivity contribution < 1.29 is 4.74 Å². The molecule has 0 unspecified atom stereocenters. The molecule has 6 nitrogen and oxygen atoms in total. The van der Waals surface area contributed by atoms with Crippen molar-refractivity contribution in [2.45, 2.75) is 19.9 Å². The summed E-state index contributed by atoms with van der Waals surface area (Å²) >= 11 is 0. The van der Waals surface area contributed by atoms with Crippen molar-refractivity contribution >= 4 is 22.5 Å². The number of rotatable bonds is 5. The third kappa shape index (κ3) is 4.29. The maximum atomic E-state index is 5.38. The molecule has 2 aromatic heterocycles. The summed E-state index contributed by atoms with van der Waals surface area (Å²) in [5.41, 5.74) is 6.81. The molecule has 0 spiro atoms. The van der Waals surface area contributed by atoms with E-state index in [2.05, 4.69) is 101 Å². The molecule has 6 rings (SSSR count). The van der Waals surface area contributed by atoms with E-state index in [1.54, 1.807) is 13.4 Å². The number of hydrogen-bond donors (Lipinski definition) is 0. The molecule has 1 aliphatic heterocycles. The number of benzene rings is 3. The van der Waals surface area contributed by atoms with Crippen LogP contribution in [0.2, 0.25) is 0 Å². The number of methoxy groups -OCH3 is 1. The summed E-state index contributed by atoms with van der Waals surface area (Å²) in [6.45, 7) is 7.18. The zero-order chi connectivity index (χ0) is 25.4. The lowest BCUT2D eigenvalue weighted by Crippen LogP contribution is -2.52. The van der Waals surface area contributed by atoms with Crippen LogP contribution in [0.1, 0.15) is 12.5 Å². The minimum absolute atomic E-state index is 0.351. The molecule has 0 amide bonds. The molecule has 1 fully saturated rings. The number of ether oxygens (including phenoxy) is 1. The molecule has 0 bridgehead atoms. The first kappa shape index (κ1) is 23.1. The Morgan fingerprint density at radius 2 is 1.68 bits per heavy atom. The molecular weight excluding hydrogens is 458 g/mol. The van der Waals surface area contributed by atoms with Crippen LogP contribution in [0.25, 0.3) is 27.8 Å². The molecule has 0 saturated carbocycles. The van der Waals surface area contributed by atoms with Crippen molar-refractivity contribution in [1.29, 1.82) is 0 Å². The van der Waals surface area contributed by atoms with Crippen molar-refractivity contribution in [2.75, 3.05) is 36.5 Å². The van der Waals surface area contributed by atoms with Crippen LogP contribution in [0, 0.1) is 6.92 Å². The molecule has 0 aliphatic carbocycles. The van der Waals surface area contributed by atoms with E-state index in [0.717, 1.165) is 59.0 Å². The average Bonchev–Trinajstić information content (AvgIpc) is 3.33. The Kier molecular flexibility index (Phi) is 6.01. The number of anilines is 2. The van der Waals surface area contributed by atoms with Crippen LogP contribution in [-0.4, -0.2) is 47.3 Å². The summed E-state index contributed by atoms with van der Waals surface area (Å²) in [6.07, 6.45) is 3.89. The van der Waals surface area contributed by atoms with Crippen molar-refractivity contribution in [3.8, 4) is 22.6 Å². The lowest BCUT2D eigenvalue weighted by molar-refractivity contribution is 0.415. The van der Waals surface area contributed by atoms with Gasteiger partial charge in [0, 0.05) is 48.8 Å². The van der Waals surface area contributed by atoms with Gasteiger partial charge in [-0.3, -0.25) is 0 Å². The summed E-state index contributed by atoms with van der Waals surface area (Å²) < 4.78 is 7.54. The Hall–Kier alpha value is -4.32. The standard InChI is InChI=1S/C31H31N5O/c1-22-8-7-11-26(18-22)35-17-16-34(19-23(35)2)30-29-28(24-9-5-4-6-10-24)20-36(31(29)33-21-32-30)25-12-14-27(37-3)15-13-25/h4-15,18,20-21,23H,16-17,19H2,1-3H3/t23-/m0/s1. The van der Waals surface area contributed by atoms with Gasteiger partial charge in [-0.2, -0.15) is 0 Å². The van der Waals surface area contributed by atoms with Gasteiger partial charge in [0.2, 0.25) is 0 Å². The van der Waals surface area contributed by atoms with E-state index in [4.69, 9.17) is 14.7 Å². The third-order valence-electron chi connectivity index (χ3n) is 7.26. The lowest BCUT2D eigenvalue weighted by Gasteiger charge is -2.42. The minimum Gasteiger partial charge on any atom is -0.497 e. The molecule has 37 heavy (non-hydrogen) atoms. The van der Waals surface area contributed by atoms with E-state index in [-0.39, 0.29) is 0 Å². The summed E-state index contributed by atoms with van der Waals surface area (Å²) in [4.78, 5) is 14.6. The quantitative estimate of drug-likeness (QED) is 0.298. The Morgan fingerprint density at radius 1 is 0.865 bits per heavy atom. The van der Waals surface area contributed by atoms with E-state index >= 15 is 0 Å². The Labute approximate surface area is 217 Å². The van der Waals surface area contributed by atoms with Crippen LogP contribution < -0.4 is 14.5 Å². The molecule has 0 radical (unpaired) electrons. The molecule has 3 aromatic carbocycles. The third-order valence-corrected chi connectivity index (χ3v) is 7.26. The van der Waals surface area contributed by atoms with Gasteiger partial charge in [0.25, 0.3) is 0 Å². The van der Waals surface area contributed by atoms with Crippen LogP contribution in [0.3, 0.4) is 0 Å². The van der Waals surface area contributed by atoms with Gasteiger partial charge in [0.1, 0.15) is 17.9 Å². The zero-order valence-electron chi connectivity index (χ0n) is 21.5. The van der Waals surface area contributed by atoms with E-state index in [1.165, 1.54) is 11.3 Å². The molecule has 6 heteroatoms. The lowest BCUT2D eigenvalue weighted by atomic mass is 10.1. The van der Waals surface area contributed by atoms with E-state index in [1.807, 2.05) is 12.1 Å². The zero-order valence-corrected chi connectivity index (χ0v) is 21.5. The van der Waals surface area contributed by atoms with Gasteiger partial charge in [-0.05, 0) is 61.4 Å². The Bertz CT molecular complexity index is 1530. The second-order valence-electron chi connectivity index (χ2n) is 9.70. The van der Waals surface area contributed by atoms with Gasteiger partial charge in [-0.1, -0.05) is 42.5 Å². The number of aromatic nitrogens is 3. The number of piperazine rings is 1. The van der Waals surface area contributed by atoms with Crippen molar-refractivity contribution in [2.24, 2.45) is 0 Å². The molecule has 0 N–H and O–H groups in total. The summed E-state index contributed by atoms with van der Waals surface area (Å²) in [7, 11) is 1.69. The predicted octanol–water partition coefficient (Wildman–Crippen LogP) is 6.12. The van der Waals surface area contributed by atoms with Crippen LogP contribution in [-0.2, 0) is 0 Å². The first-order valence-electron chi connectivity index (χ1n) is 12.8. The molecule has 186 valence electrons. The molecule has 1 aliphatic rings. The molecular formula is C31H31N5O. The van der Waals surface area contributed by atoms with E-state index < -0.39 is 0 Å². The van der Waals surface area contributed by atoms with E-state index in [0.29, 0.717) is 6.04 Å². The van der Waals surface area contributed by atoms with Crippen molar-refractivity contribution in [3.05, 3.63) is 97.0 Å². The highest BCUT2D eigenvalue weighted by Crippen LogP contribution is 2.37. The Morgan fingerprint density at radius 3 is 2.41 bits per heavy atom. The summed E-state index contributed by atoms with van der Waals surface area (Å²) in [5.74, 6) is 1.83. The first-order valence-corrected chi connectivity index (χ1v) is 12.8. The van der Waals surface area contributed by atoms with Crippen molar-refractivity contribution in [3.63, 3.8) is 0 Å². The van der Waals surface area contributed by atoms with Crippen LogP contribution in [0.4, 0.5) is 11.5 Å². The second kappa shape index (κ2) is 9.62. The van der Waals surface area contributed by atoms with Gasteiger partial charge in [0.15, 0.2) is 5.65 Å². The molecule has 3 heterocycles. The van der Waals surface area contributed by atoms with Gasteiger partial charge in [-0.25, -0.2) is 9.97 Å². The maximum Gasteiger partial charge on any atom is 0.150 e. The fourth-order valence-electron chi connectivity index (χ4n) is 5.40. The monoisotopic (exact) mass is 489 g/mol. The molecule has 5 aromatic rings. The van der Waals surface area contributed by atoms with Crippen LogP contribution in [0.5, 0.6) is 5.75 Å². The number of hydrogen-bond acceptors (Lipinski definition) is 5. The van der Waals surface area contributed by atoms with Gasteiger partial charge in [0.05, 0.1) is 12.5 Å². The van der Waals surface area contributed by atoms with Crippen molar-refractivity contribution in [1.82, 2.24) is 14.5 Å². The smallest absolute Gasteiger partial charge is 0.150 e. The second-order valence-corrected chi connectivity index (χ2v) is 9.70. The predicted molar refractivity (Wildman–Crippen MR) is 151 cm³/mol. The van der Waals surface area contributed by atoms with Gasteiger partial charge < -0.3 is 19.1 Å². The fourth-order valence-corrected chi connectivity index (χ4v) is 5.40. The number of fused-ring (bicyclic) bond motifs is 1. The minimum atomic E-state index is 0.351. The highest BCUT2D eigenvalue weighted by atomic mass is 16.5. The SMILES string of the molecule is COc1ccc(-n2cc(-c3ccccc3)c3c(N4CCN(c5cccc(C)c5)[C@@H](C)C4)ncnc32)cc1. The fraction of sp³-hybridized carbons (Fsp3) is 0.226. The Balaban J connectivity index is 1.43. The van der Waals surface area contributed by atoms with E-state index in [9.17, 15) is 0 Å². The molecule has 1 saturated heterocycles. The summed E-state index contributed by atoms with van der Waals surface area (Å²) in [5, 5.41) is 1.08. The topological polar surface area (TPSA) is 46.4 Å². The van der Waals surface area contributed by atoms with Gasteiger partial charge >= 0.3 is 0 Å². The normalized spacial score (nSPS) is 15.8. The average molecular weight is 490 g/mol. The van der Waals surface area contributed by atoms with Crippen LogP contribution >= 0.6 is 0 Å². The van der Waals surface area contributed by atoms with Gasteiger partial charge in [-0.15, -0.1) is 0 Å². The highest BCUT2D eigenvalue weighted by molar-refractivity contribution is 6.02. The van der Waals surface area contributed by atoms with Crippen LogP contribution in [0.15, 0.2) is 91.4 Å². The highest BCUT2D eigenvalue weighted by Gasteiger charge is 2.28. The first-order chi connectivity index (χ1) is 18.1. The largest absolute Gasteiger partial charge is 0.497 e. The number of nitrogens with zero attached hydrogens (tertiary/aromatic N) is 5. The number of aryl methyl sites for hydroxylation is 1. The maximum absolute atomic E-state index is 5.38. The summed E-state index contributed by atoms with van der Waals surface area (Å²) in [6, 6.07) is 27.8. The molecule has 1 atom stereocenters.